The molecule has 0 aromatic heterocycles. The number of nitroso groups, excluding NO2 is 1. The summed E-state index contributed by atoms with van der Waals surface area (Å²) in [6, 6.07) is 0. The molecular weight excluding hydrogens is 191 g/mol. The van der Waals surface area contributed by atoms with Gasteiger partial charge in [0, 0.05) is 0 Å². The molecule has 0 aromatic carbocycles. The van der Waals surface area contributed by atoms with Crippen LogP contribution in [0.4, 0.5) is 13.2 Å². The second-order valence-electron chi connectivity index (χ2n) is 2.62. The molecule has 0 rings (SSSR count). The molecule has 0 aromatic rings. The summed E-state index contributed by atoms with van der Waals surface area (Å²) < 4.78 is 40.3. The molecule has 0 bridgehead atoms. The molecule has 13 heavy (non-hydrogen) atoms. The zero-order valence-electron chi connectivity index (χ0n) is 7.01. The Labute approximate surface area is 72.0 Å². The van der Waals surface area contributed by atoms with Gasteiger partial charge in [-0.2, -0.15) is 13.2 Å². The summed E-state index contributed by atoms with van der Waals surface area (Å²) in [5, 5.41) is 1.90. The normalized spacial score (nSPS) is 16.1. The van der Waals surface area contributed by atoms with Crippen molar-refractivity contribution in [1.82, 2.24) is 0 Å². The quantitative estimate of drug-likeness (QED) is 0.512. The average Bonchev–Trinajstić information content (AvgIpc) is 2.02. The van der Waals surface area contributed by atoms with Crippen LogP contribution in [-0.4, -0.2) is 24.8 Å². The van der Waals surface area contributed by atoms with Crippen LogP contribution in [0, 0.1) is 4.91 Å². The van der Waals surface area contributed by atoms with E-state index in [4.69, 9.17) is 0 Å². The largest absolute Gasteiger partial charge is 0.469 e. The van der Waals surface area contributed by atoms with Crippen LogP contribution in [0.3, 0.4) is 0 Å². The van der Waals surface area contributed by atoms with E-state index in [1.54, 1.807) is 0 Å². The van der Waals surface area contributed by atoms with E-state index in [1.165, 1.54) is 0 Å². The highest BCUT2D eigenvalue weighted by Gasteiger charge is 2.54. The van der Waals surface area contributed by atoms with Crippen LogP contribution in [0.5, 0.6) is 0 Å². The van der Waals surface area contributed by atoms with Crippen molar-refractivity contribution in [3.8, 4) is 0 Å². The lowest BCUT2D eigenvalue weighted by Gasteiger charge is -2.22. The van der Waals surface area contributed by atoms with Crippen molar-refractivity contribution in [2.45, 2.75) is 25.1 Å². The minimum atomic E-state index is -4.84. The Balaban J connectivity index is 4.66. The van der Waals surface area contributed by atoms with Crippen LogP contribution < -0.4 is 0 Å². The summed E-state index contributed by atoms with van der Waals surface area (Å²) in [5.74, 6) is -1.13. The maximum atomic E-state index is 12.1. The highest BCUT2D eigenvalue weighted by Crippen LogP contribution is 2.36. The van der Waals surface area contributed by atoms with Gasteiger partial charge in [0.1, 0.15) is 0 Å². The number of methoxy groups -OCH3 is 1. The lowest BCUT2D eigenvalue weighted by Crippen LogP contribution is -2.42. The molecule has 0 spiro atoms. The predicted molar refractivity (Wildman–Crippen MR) is 36.9 cm³/mol. The molecule has 1 atom stereocenters. The van der Waals surface area contributed by atoms with E-state index >= 15 is 0 Å². The van der Waals surface area contributed by atoms with E-state index in [9.17, 15) is 22.9 Å². The summed E-state index contributed by atoms with van der Waals surface area (Å²) in [4.78, 5) is 20.5. The van der Waals surface area contributed by atoms with Crippen molar-refractivity contribution in [1.29, 1.82) is 0 Å². The maximum absolute atomic E-state index is 12.1. The van der Waals surface area contributed by atoms with E-state index in [0.717, 1.165) is 7.11 Å². The van der Waals surface area contributed by atoms with Crippen molar-refractivity contribution >= 4 is 5.97 Å². The van der Waals surface area contributed by atoms with Crippen molar-refractivity contribution in [3.63, 3.8) is 0 Å². The van der Waals surface area contributed by atoms with Crippen molar-refractivity contribution in [2.75, 3.05) is 7.11 Å². The summed E-state index contributed by atoms with van der Waals surface area (Å²) in [7, 11) is 0.934. The van der Waals surface area contributed by atoms with Gasteiger partial charge in [-0.25, -0.2) is 0 Å². The molecule has 4 nitrogen and oxygen atoms in total. The van der Waals surface area contributed by atoms with E-state index in [-0.39, 0.29) is 0 Å². The molecule has 0 saturated carbocycles. The van der Waals surface area contributed by atoms with Gasteiger partial charge in [0.15, 0.2) is 0 Å². The number of carbonyl (C=O) groups is 1. The fraction of sp³-hybridized carbons (Fsp3) is 0.833. The zero-order valence-corrected chi connectivity index (χ0v) is 7.01. The number of carbonyl (C=O) groups excluding carboxylic acids is 1. The molecule has 0 fully saturated rings. The van der Waals surface area contributed by atoms with Crippen molar-refractivity contribution in [3.05, 3.63) is 4.91 Å². The molecule has 1 unspecified atom stereocenters. The highest BCUT2D eigenvalue weighted by atomic mass is 19.4. The highest BCUT2D eigenvalue weighted by molar-refractivity contribution is 5.70. The molecule has 0 aliphatic heterocycles. The average molecular weight is 199 g/mol. The Kier molecular flexibility index (Phi) is 3.39. The molecule has 0 aliphatic rings. The Bertz CT molecular complexity index is 216. The summed E-state index contributed by atoms with van der Waals surface area (Å²) >= 11 is 0. The van der Waals surface area contributed by atoms with Crippen molar-refractivity contribution in [2.24, 2.45) is 5.18 Å². The second kappa shape index (κ2) is 3.71. The first-order valence-corrected chi connectivity index (χ1v) is 3.25. The molecular formula is C6H8F3NO3. The monoisotopic (exact) mass is 199 g/mol. The number of nitrogens with zero attached hydrogens (tertiary/aromatic N) is 1. The van der Waals surface area contributed by atoms with Gasteiger partial charge in [-0.05, 0) is 6.92 Å². The summed E-state index contributed by atoms with van der Waals surface area (Å²) in [6.45, 7) is 0.539. The van der Waals surface area contributed by atoms with Gasteiger partial charge >= 0.3 is 12.1 Å². The summed E-state index contributed by atoms with van der Waals surface area (Å²) in [6.07, 6.45) is -5.94. The number of alkyl halides is 3. The number of ether oxygens (including phenoxy) is 1. The van der Waals surface area contributed by atoms with Crippen molar-refractivity contribution < 1.29 is 22.7 Å². The third-order valence-corrected chi connectivity index (χ3v) is 1.53. The summed E-state index contributed by atoms with van der Waals surface area (Å²) in [5.41, 5.74) is -2.90. The smallest absolute Gasteiger partial charge is 0.417 e. The van der Waals surface area contributed by atoms with Crippen LogP contribution >= 0.6 is 0 Å². The lowest BCUT2D eigenvalue weighted by atomic mass is 9.99. The lowest BCUT2D eigenvalue weighted by molar-refractivity contribution is -0.188. The Morgan fingerprint density at radius 3 is 2.15 bits per heavy atom. The molecule has 0 amide bonds. The Morgan fingerprint density at radius 1 is 1.46 bits per heavy atom. The van der Waals surface area contributed by atoms with Crippen LogP contribution in [0.1, 0.15) is 13.3 Å². The van der Waals surface area contributed by atoms with Gasteiger partial charge in [-0.1, -0.05) is 5.18 Å². The van der Waals surface area contributed by atoms with E-state index < -0.39 is 24.1 Å². The molecule has 0 aliphatic carbocycles. The fourth-order valence-corrected chi connectivity index (χ4v) is 0.537. The first-order chi connectivity index (χ1) is 5.77. The van der Waals surface area contributed by atoms with Crippen LogP contribution in [0.15, 0.2) is 5.18 Å². The minimum Gasteiger partial charge on any atom is -0.469 e. The minimum absolute atomic E-state index is 0.539. The number of halogens is 3. The molecule has 76 valence electrons. The third kappa shape index (κ3) is 2.67. The Hall–Kier alpha value is -1.14. The van der Waals surface area contributed by atoms with Crippen LogP contribution in [-0.2, 0) is 9.53 Å². The number of hydrogen-bond acceptors (Lipinski definition) is 4. The zero-order chi connectivity index (χ0) is 10.7. The van der Waals surface area contributed by atoms with Gasteiger partial charge in [0.2, 0.25) is 5.54 Å². The number of rotatable bonds is 3. The van der Waals surface area contributed by atoms with Crippen LogP contribution in [0.25, 0.3) is 0 Å². The van der Waals surface area contributed by atoms with E-state index in [1.807, 2.05) is 5.18 Å². The van der Waals surface area contributed by atoms with E-state index in [2.05, 4.69) is 4.74 Å². The standard InChI is InChI=1S/C6H8F3NO3/c1-5(10-12,6(7,8)9)3-4(11)13-2/h3H2,1-2H3. The van der Waals surface area contributed by atoms with Gasteiger partial charge in [0.25, 0.3) is 0 Å². The number of hydrogen-bond donors (Lipinski definition) is 0. The van der Waals surface area contributed by atoms with E-state index in [0.29, 0.717) is 6.92 Å². The van der Waals surface area contributed by atoms with Gasteiger partial charge in [-0.15, -0.1) is 4.91 Å². The maximum Gasteiger partial charge on any atom is 0.417 e. The second-order valence-corrected chi connectivity index (χ2v) is 2.62. The first-order valence-electron chi connectivity index (χ1n) is 3.25. The SMILES string of the molecule is COC(=O)CC(C)(N=O)C(F)(F)F. The first kappa shape index (κ1) is 11.9. The van der Waals surface area contributed by atoms with Gasteiger partial charge in [-0.3, -0.25) is 4.79 Å². The number of esters is 1. The Morgan fingerprint density at radius 2 is 1.92 bits per heavy atom. The van der Waals surface area contributed by atoms with Gasteiger partial charge < -0.3 is 4.74 Å². The van der Waals surface area contributed by atoms with Crippen LogP contribution in [0.2, 0.25) is 0 Å². The molecule has 0 radical (unpaired) electrons. The molecule has 7 heteroatoms. The molecule has 0 heterocycles. The predicted octanol–water partition coefficient (Wildman–Crippen LogP) is 1.64. The molecule has 0 N–H and O–H groups in total. The molecule has 0 saturated heterocycles. The topological polar surface area (TPSA) is 55.7 Å². The van der Waals surface area contributed by atoms with Gasteiger partial charge in [0.05, 0.1) is 13.5 Å². The third-order valence-electron chi connectivity index (χ3n) is 1.53. The fourth-order valence-electron chi connectivity index (χ4n) is 0.537.